The van der Waals surface area contributed by atoms with Gasteiger partial charge in [-0.3, -0.25) is 5.10 Å². The average molecular weight is 428 g/mol. The van der Waals surface area contributed by atoms with E-state index in [9.17, 15) is 0 Å². The minimum absolute atomic E-state index is 0.424. The third kappa shape index (κ3) is 2.73. The van der Waals surface area contributed by atoms with Gasteiger partial charge in [-0.05, 0) is 18.2 Å². The summed E-state index contributed by atoms with van der Waals surface area (Å²) in [6.45, 7) is 0. The fraction of sp³-hybridized carbons (Fsp3) is 0. The number of nitrogen functional groups attached to an aromatic ring is 1. The Morgan fingerprint density at radius 1 is 1.05 bits per heavy atom. The lowest BCUT2D eigenvalue weighted by Gasteiger charge is -2.08. The van der Waals surface area contributed by atoms with Crippen molar-refractivity contribution in [1.82, 2.24) is 10.2 Å². The SMILES string of the molecule is Nc1n[nH]c(-c2ccc(Br)cc2Br)c1-c1ccccc1Cl. The summed E-state index contributed by atoms with van der Waals surface area (Å²) >= 11 is 13.3. The van der Waals surface area contributed by atoms with E-state index >= 15 is 0 Å². The first-order chi connectivity index (χ1) is 10.1. The molecular formula is C15H10Br2ClN3. The van der Waals surface area contributed by atoms with Crippen molar-refractivity contribution >= 4 is 49.3 Å². The van der Waals surface area contributed by atoms with Crippen molar-refractivity contribution in [2.75, 3.05) is 5.73 Å². The Bertz CT molecular complexity index is 814. The van der Waals surface area contributed by atoms with Crippen LogP contribution in [0.25, 0.3) is 22.4 Å². The molecule has 2 aromatic carbocycles. The minimum atomic E-state index is 0.424. The Kier molecular flexibility index (Phi) is 4.06. The van der Waals surface area contributed by atoms with Crippen molar-refractivity contribution in [3.63, 3.8) is 0 Å². The van der Waals surface area contributed by atoms with Crippen LogP contribution in [-0.4, -0.2) is 10.2 Å². The van der Waals surface area contributed by atoms with Crippen LogP contribution < -0.4 is 5.73 Å². The van der Waals surface area contributed by atoms with Gasteiger partial charge >= 0.3 is 0 Å². The summed E-state index contributed by atoms with van der Waals surface area (Å²) in [5.74, 6) is 0.424. The molecule has 0 bridgehead atoms. The molecule has 3 nitrogen and oxygen atoms in total. The van der Waals surface area contributed by atoms with E-state index < -0.39 is 0 Å². The van der Waals surface area contributed by atoms with Crippen LogP contribution in [0.4, 0.5) is 5.82 Å². The van der Waals surface area contributed by atoms with Crippen LogP contribution in [0.15, 0.2) is 51.4 Å². The van der Waals surface area contributed by atoms with Crippen molar-refractivity contribution < 1.29 is 0 Å². The number of nitrogens with zero attached hydrogens (tertiary/aromatic N) is 1. The summed E-state index contributed by atoms with van der Waals surface area (Å²) in [7, 11) is 0. The maximum atomic E-state index is 6.30. The molecule has 0 amide bonds. The maximum Gasteiger partial charge on any atom is 0.153 e. The number of anilines is 1. The summed E-state index contributed by atoms with van der Waals surface area (Å²) in [5.41, 5.74) is 9.50. The van der Waals surface area contributed by atoms with Crippen LogP contribution in [-0.2, 0) is 0 Å². The molecule has 0 saturated heterocycles. The van der Waals surface area contributed by atoms with E-state index in [-0.39, 0.29) is 0 Å². The van der Waals surface area contributed by atoms with Gasteiger partial charge in [0.05, 0.1) is 11.3 Å². The molecule has 0 atom stereocenters. The number of aromatic nitrogens is 2. The zero-order valence-corrected chi connectivity index (χ0v) is 14.6. The highest BCUT2D eigenvalue weighted by Gasteiger charge is 2.18. The number of H-pyrrole nitrogens is 1. The first-order valence-corrected chi connectivity index (χ1v) is 8.08. The molecule has 0 unspecified atom stereocenters. The maximum absolute atomic E-state index is 6.30. The number of hydrogen-bond acceptors (Lipinski definition) is 2. The van der Waals surface area contributed by atoms with Crippen molar-refractivity contribution in [1.29, 1.82) is 0 Å². The molecule has 0 saturated carbocycles. The van der Waals surface area contributed by atoms with Crippen LogP contribution in [0.2, 0.25) is 5.02 Å². The highest BCUT2D eigenvalue weighted by atomic mass is 79.9. The van der Waals surface area contributed by atoms with Gasteiger partial charge in [-0.2, -0.15) is 5.10 Å². The smallest absolute Gasteiger partial charge is 0.153 e. The van der Waals surface area contributed by atoms with Crippen molar-refractivity contribution in [3.05, 3.63) is 56.4 Å². The van der Waals surface area contributed by atoms with Crippen molar-refractivity contribution in [2.45, 2.75) is 0 Å². The predicted molar refractivity (Wildman–Crippen MR) is 94.3 cm³/mol. The van der Waals surface area contributed by atoms with Crippen LogP contribution in [0, 0.1) is 0 Å². The van der Waals surface area contributed by atoms with Crippen molar-refractivity contribution in [3.8, 4) is 22.4 Å². The van der Waals surface area contributed by atoms with Gasteiger partial charge in [-0.25, -0.2) is 0 Å². The summed E-state index contributed by atoms with van der Waals surface area (Å²) in [6, 6.07) is 13.5. The van der Waals surface area contributed by atoms with Gasteiger partial charge in [0.25, 0.3) is 0 Å². The summed E-state index contributed by atoms with van der Waals surface area (Å²) in [5, 5.41) is 7.77. The van der Waals surface area contributed by atoms with Gasteiger partial charge in [0.1, 0.15) is 0 Å². The lowest BCUT2D eigenvalue weighted by Crippen LogP contribution is -1.90. The van der Waals surface area contributed by atoms with Gasteiger partial charge in [-0.15, -0.1) is 0 Å². The second-order valence-electron chi connectivity index (χ2n) is 4.46. The molecule has 0 radical (unpaired) electrons. The fourth-order valence-electron chi connectivity index (χ4n) is 2.18. The molecule has 3 rings (SSSR count). The normalized spacial score (nSPS) is 10.8. The highest BCUT2D eigenvalue weighted by Crippen LogP contribution is 2.40. The molecule has 0 aliphatic heterocycles. The van der Waals surface area contributed by atoms with E-state index in [1.54, 1.807) is 0 Å². The molecule has 106 valence electrons. The Morgan fingerprint density at radius 2 is 1.81 bits per heavy atom. The van der Waals surface area contributed by atoms with Crippen LogP contribution >= 0.6 is 43.5 Å². The van der Waals surface area contributed by atoms with E-state index in [0.717, 1.165) is 31.3 Å². The largest absolute Gasteiger partial charge is 0.382 e. The molecule has 0 fully saturated rings. The van der Waals surface area contributed by atoms with Gasteiger partial charge in [-0.1, -0.05) is 67.7 Å². The average Bonchev–Trinajstić information content (AvgIpc) is 2.81. The number of hydrogen-bond donors (Lipinski definition) is 2. The van der Waals surface area contributed by atoms with Gasteiger partial charge < -0.3 is 5.73 Å². The van der Waals surface area contributed by atoms with Crippen LogP contribution in [0.5, 0.6) is 0 Å². The topological polar surface area (TPSA) is 54.7 Å². The minimum Gasteiger partial charge on any atom is -0.382 e. The van der Waals surface area contributed by atoms with Crippen LogP contribution in [0.3, 0.4) is 0 Å². The Labute approximate surface area is 143 Å². The van der Waals surface area contributed by atoms with Gasteiger partial charge in [0.15, 0.2) is 5.82 Å². The fourth-order valence-corrected chi connectivity index (χ4v) is 3.66. The first kappa shape index (κ1) is 14.6. The van der Waals surface area contributed by atoms with E-state index in [2.05, 4.69) is 42.1 Å². The molecule has 3 aromatic rings. The number of nitrogens with one attached hydrogen (secondary N) is 1. The summed E-state index contributed by atoms with van der Waals surface area (Å²) < 4.78 is 1.93. The number of rotatable bonds is 2. The quantitative estimate of drug-likeness (QED) is 0.567. The highest BCUT2D eigenvalue weighted by molar-refractivity contribution is 9.11. The first-order valence-electron chi connectivity index (χ1n) is 6.12. The zero-order valence-electron chi connectivity index (χ0n) is 10.7. The number of halogens is 3. The number of benzene rings is 2. The molecule has 3 N–H and O–H groups in total. The summed E-state index contributed by atoms with van der Waals surface area (Å²) in [4.78, 5) is 0. The lowest BCUT2D eigenvalue weighted by molar-refractivity contribution is 1.10. The van der Waals surface area contributed by atoms with Crippen molar-refractivity contribution in [2.24, 2.45) is 0 Å². The third-order valence-electron chi connectivity index (χ3n) is 3.14. The zero-order chi connectivity index (χ0) is 15.0. The van der Waals surface area contributed by atoms with Crippen LogP contribution in [0.1, 0.15) is 0 Å². The summed E-state index contributed by atoms with van der Waals surface area (Å²) in [6.07, 6.45) is 0. The molecule has 0 aliphatic rings. The molecule has 1 aromatic heterocycles. The molecular weight excluding hydrogens is 417 g/mol. The second-order valence-corrected chi connectivity index (χ2v) is 6.64. The van der Waals surface area contributed by atoms with E-state index in [1.165, 1.54) is 0 Å². The third-order valence-corrected chi connectivity index (χ3v) is 4.62. The predicted octanol–water partition coefficient (Wildman–Crippen LogP) is 5.50. The molecule has 21 heavy (non-hydrogen) atoms. The van der Waals surface area contributed by atoms with Gasteiger partial charge in [0, 0.05) is 25.1 Å². The molecule has 0 aliphatic carbocycles. The lowest BCUT2D eigenvalue weighted by atomic mass is 10.0. The second kappa shape index (κ2) is 5.83. The monoisotopic (exact) mass is 425 g/mol. The molecule has 0 spiro atoms. The number of aromatic amines is 1. The van der Waals surface area contributed by atoms with E-state index in [4.69, 9.17) is 17.3 Å². The Balaban J connectivity index is 2.25. The standard InChI is InChI=1S/C15H10Br2ClN3/c16-8-5-6-9(11(17)7-8)14-13(15(19)21-20-14)10-3-1-2-4-12(10)18/h1-7H,(H3,19,20,21). The van der Waals surface area contributed by atoms with E-state index in [0.29, 0.717) is 10.8 Å². The van der Waals surface area contributed by atoms with Gasteiger partial charge in [0.2, 0.25) is 0 Å². The Morgan fingerprint density at radius 3 is 2.52 bits per heavy atom. The molecule has 6 heteroatoms. The number of nitrogens with two attached hydrogens (primary N) is 1. The molecule has 1 heterocycles. The Hall–Kier alpha value is -1.30. The van der Waals surface area contributed by atoms with E-state index in [1.807, 2.05) is 42.5 Å².